The Kier molecular flexibility index (Phi) is 8.68. The first-order chi connectivity index (χ1) is 16.9. The van der Waals surface area contributed by atoms with Gasteiger partial charge in [0.1, 0.15) is 24.2 Å². The van der Waals surface area contributed by atoms with E-state index in [1.54, 1.807) is 56.3 Å². The third-order valence-corrected chi connectivity index (χ3v) is 5.17. The summed E-state index contributed by atoms with van der Waals surface area (Å²) in [6.45, 7) is 3.72. The van der Waals surface area contributed by atoms with E-state index in [4.69, 9.17) is 4.74 Å². The summed E-state index contributed by atoms with van der Waals surface area (Å²) in [7, 11) is 0. The van der Waals surface area contributed by atoms with Crippen molar-refractivity contribution >= 4 is 18.0 Å². The molecule has 1 unspecified atom stereocenters. The number of carbonyl (C=O) groups excluding carboxylic acids is 2. The lowest BCUT2D eigenvalue weighted by molar-refractivity contribution is -0.123. The number of hydrogen-bond acceptors (Lipinski definition) is 5. The molecule has 7 nitrogen and oxygen atoms in total. The monoisotopic (exact) mass is 472 g/mol. The van der Waals surface area contributed by atoms with Gasteiger partial charge in [0.15, 0.2) is 0 Å². The predicted octanol–water partition coefficient (Wildman–Crippen LogP) is 4.18. The molecular formula is C27H25FN4O3. The summed E-state index contributed by atoms with van der Waals surface area (Å²) in [5, 5.41) is 15.8. The van der Waals surface area contributed by atoms with Gasteiger partial charge in [-0.3, -0.25) is 9.59 Å². The lowest BCUT2D eigenvalue weighted by Gasteiger charge is -2.20. The van der Waals surface area contributed by atoms with Gasteiger partial charge >= 0.3 is 0 Å². The second-order valence-corrected chi connectivity index (χ2v) is 8.00. The summed E-state index contributed by atoms with van der Waals surface area (Å²) in [5.74, 6) is -1.64. The summed E-state index contributed by atoms with van der Waals surface area (Å²) in [6.07, 6.45) is 1.43. The minimum Gasteiger partial charge on any atom is -0.488 e. The first-order valence-corrected chi connectivity index (χ1v) is 11.0. The largest absolute Gasteiger partial charge is 0.488 e. The second-order valence-electron chi connectivity index (χ2n) is 8.00. The zero-order chi connectivity index (χ0) is 25.2. The Hall–Kier alpha value is -4.51. The van der Waals surface area contributed by atoms with Gasteiger partial charge in [-0.2, -0.15) is 10.4 Å². The molecule has 0 aliphatic rings. The van der Waals surface area contributed by atoms with Crippen LogP contribution in [0.2, 0.25) is 0 Å². The minimum absolute atomic E-state index is 0.140. The number of hydrogen-bond donors (Lipinski definition) is 2. The third kappa shape index (κ3) is 6.74. The number of nitrogens with one attached hydrogen (secondary N) is 2. The molecule has 0 aliphatic heterocycles. The minimum atomic E-state index is -0.923. The Morgan fingerprint density at radius 1 is 1.06 bits per heavy atom. The maximum absolute atomic E-state index is 13.9. The van der Waals surface area contributed by atoms with Crippen molar-refractivity contribution in [3.05, 3.63) is 101 Å². The van der Waals surface area contributed by atoms with Crippen LogP contribution in [0.1, 0.15) is 40.9 Å². The Balaban J connectivity index is 1.65. The number of nitriles is 1. The zero-order valence-electron chi connectivity index (χ0n) is 19.4. The van der Waals surface area contributed by atoms with E-state index >= 15 is 0 Å². The molecule has 0 aromatic heterocycles. The second kappa shape index (κ2) is 12.1. The molecule has 0 saturated heterocycles. The Morgan fingerprint density at radius 3 is 2.49 bits per heavy atom. The van der Waals surface area contributed by atoms with Crippen LogP contribution >= 0.6 is 0 Å². The molecule has 0 spiro atoms. The molecule has 0 radical (unpaired) electrons. The number of carbonyl (C=O) groups is 2. The Morgan fingerprint density at radius 2 is 1.74 bits per heavy atom. The maximum Gasteiger partial charge on any atom is 0.262 e. The highest BCUT2D eigenvalue weighted by atomic mass is 19.1. The molecule has 35 heavy (non-hydrogen) atoms. The zero-order valence-corrected chi connectivity index (χ0v) is 19.4. The van der Waals surface area contributed by atoms with Gasteiger partial charge in [0.2, 0.25) is 0 Å². The van der Waals surface area contributed by atoms with Crippen LogP contribution in [0.25, 0.3) is 0 Å². The number of rotatable bonds is 9. The average Bonchev–Trinajstić information content (AvgIpc) is 2.86. The van der Waals surface area contributed by atoms with E-state index in [9.17, 15) is 19.2 Å². The summed E-state index contributed by atoms with van der Waals surface area (Å²) in [5.41, 5.74) is 4.18. The van der Waals surface area contributed by atoms with Crippen LogP contribution in [0.15, 0.2) is 77.9 Å². The maximum atomic E-state index is 13.9. The third-order valence-electron chi connectivity index (χ3n) is 5.17. The van der Waals surface area contributed by atoms with Gasteiger partial charge in [-0.1, -0.05) is 56.3 Å². The Labute approximate surface area is 203 Å². The predicted molar refractivity (Wildman–Crippen MR) is 130 cm³/mol. The number of amides is 2. The fourth-order valence-corrected chi connectivity index (χ4v) is 3.26. The van der Waals surface area contributed by atoms with Crippen LogP contribution in [0.5, 0.6) is 5.75 Å². The van der Waals surface area contributed by atoms with Gasteiger partial charge < -0.3 is 10.1 Å². The fraction of sp³-hybridized carbons (Fsp3) is 0.185. The molecule has 3 rings (SSSR count). The summed E-state index contributed by atoms with van der Waals surface area (Å²) < 4.78 is 19.8. The van der Waals surface area contributed by atoms with E-state index in [-0.39, 0.29) is 18.1 Å². The fourth-order valence-electron chi connectivity index (χ4n) is 3.26. The average molecular weight is 473 g/mol. The summed E-state index contributed by atoms with van der Waals surface area (Å²) >= 11 is 0. The van der Waals surface area contributed by atoms with Gasteiger partial charge in [-0.05, 0) is 36.2 Å². The van der Waals surface area contributed by atoms with Gasteiger partial charge in [0.25, 0.3) is 11.8 Å². The molecule has 8 heteroatoms. The highest BCUT2D eigenvalue weighted by Crippen LogP contribution is 2.19. The molecule has 0 heterocycles. The smallest absolute Gasteiger partial charge is 0.262 e. The molecule has 0 bridgehead atoms. The molecule has 2 N–H and O–H groups in total. The molecule has 3 aromatic rings. The number of para-hydroxylation sites is 1. The van der Waals surface area contributed by atoms with Crippen molar-refractivity contribution < 1.29 is 18.7 Å². The molecule has 178 valence electrons. The van der Waals surface area contributed by atoms with Crippen LogP contribution in [-0.2, 0) is 11.4 Å². The lowest BCUT2D eigenvalue weighted by atomic mass is 10.0. The number of hydrazone groups is 1. The van der Waals surface area contributed by atoms with Gasteiger partial charge in [0.05, 0.1) is 23.4 Å². The van der Waals surface area contributed by atoms with E-state index < -0.39 is 23.7 Å². The van der Waals surface area contributed by atoms with Crippen LogP contribution in [0.4, 0.5) is 4.39 Å². The van der Waals surface area contributed by atoms with Gasteiger partial charge in [-0.25, -0.2) is 9.82 Å². The summed E-state index contributed by atoms with van der Waals surface area (Å²) in [6, 6.07) is 21.0. The first-order valence-electron chi connectivity index (χ1n) is 11.0. The molecule has 3 aromatic carbocycles. The van der Waals surface area contributed by atoms with Crippen molar-refractivity contribution in [1.82, 2.24) is 10.7 Å². The van der Waals surface area contributed by atoms with Gasteiger partial charge in [0, 0.05) is 11.1 Å². The normalized spacial score (nSPS) is 11.6. The molecule has 2 amide bonds. The SMILES string of the molecule is CC(C)C(NC(=O)c1ccccc1F)C(=O)N/N=C/c1ccccc1OCc1ccccc1C#N. The molecule has 1 atom stereocenters. The number of ether oxygens (including phenoxy) is 1. The highest BCUT2D eigenvalue weighted by molar-refractivity contribution is 5.98. The molecule has 0 aliphatic carbocycles. The summed E-state index contributed by atoms with van der Waals surface area (Å²) in [4.78, 5) is 25.2. The van der Waals surface area contributed by atoms with Crippen molar-refractivity contribution in [2.45, 2.75) is 26.5 Å². The van der Waals surface area contributed by atoms with Crippen LogP contribution in [-0.4, -0.2) is 24.1 Å². The van der Waals surface area contributed by atoms with E-state index in [2.05, 4.69) is 21.9 Å². The highest BCUT2D eigenvalue weighted by Gasteiger charge is 2.25. The van der Waals surface area contributed by atoms with E-state index in [1.807, 2.05) is 12.1 Å². The van der Waals surface area contributed by atoms with Crippen molar-refractivity contribution in [3.63, 3.8) is 0 Å². The van der Waals surface area contributed by atoms with Crippen molar-refractivity contribution in [2.24, 2.45) is 11.0 Å². The van der Waals surface area contributed by atoms with Crippen LogP contribution < -0.4 is 15.5 Å². The van der Waals surface area contributed by atoms with Crippen LogP contribution in [0.3, 0.4) is 0 Å². The number of nitrogens with zero attached hydrogens (tertiary/aromatic N) is 2. The first kappa shape index (κ1) is 25.1. The van der Waals surface area contributed by atoms with Crippen molar-refractivity contribution in [1.29, 1.82) is 5.26 Å². The molecule has 0 saturated carbocycles. The van der Waals surface area contributed by atoms with Crippen molar-refractivity contribution in [3.8, 4) is 11.8 Å². The lowest BCUT2D eigenvalue weighted by Crippen LogP contribution is -2.48. The van der Waals surface area contributed by atoms with Crippen LogP contribution in [0, 0.1) is 23.1 Å². The van der Waals surface area contributed by atoms with E-state index in [0.29, 0.717) is 16.9 Å². The quantitative estimate of drug-likeness (QED) is 0.360. The van der Waals surface area contributed by atoms with E-state index in [1.165, 1.54) is 24.4 Å². The number of benzene rings is 3. The van der Waals surface area contributed by atoms with Crippen molar-refractivity contribution in [2.75, 3.05) is 0 Å². The standard InChI is InChI=1S/C27H25FN4O3/c1-18(2)25(31-26(33)22-12-6-7-13-23(22)28)27(34)32-30-16-20-10-5-8-14-24(20)35-17-21-11-4-3-9-19(21)15-29/h3-14,16,18,25H,17H2,1-2H3,(H,31,33)(H,32,34)/b30-16+. The molecule has 0 fully saturated rings. The Bertz CT molecular complexity index is 1270. The topological polar surface area (TPSA) is 104 Å². The number of halogens is 1. The van der Waals surface area contributed by atoms with Gasteiger partial charge in [-0.15, -0.1) is 0 Å². The van der Waals surface area contributed by atoms with E-state index in [0.717, 1.165) is 5.56 Å². The molecular weight excluding hydrogens is 447 g/mol.